The van der Waals surface area contributed by atoms with Gasteiger partial charge in [0.15, 0.2) is 0 Å². The third kappa shape index (κ3) is 4.19. The maximum absolute atomic E-state index is 5.56. The smallest absolute Gasteiger partial charge is 0.120 e. The minimum Gasteiger partial charge on any atom is -0.468 e. The molecule has 1 atom stereocenters. The van der Waals surface area contributed by atoms with E-state index in [4.69, 9.17) is 4.42 Å². The molecule has 1 saturated heterocycles. The van der Waals surface area contributed by atoms with Crippen molar-refractivity contribution < 1.29 is 4.42 Å². The molecule has 1 aliphatic rings. The molecule has 1 aromatic heterocycles. The van der Waals surface area contributed by atoms with Crippen molar-refractivity contribution in [2.24, 2.45) is 0 Å². The van der Waals surface area contributed by atoms with E-state index < -0.39 is 0 Å². The first-order valence-corrected chi connectivity index (χ1v) is 7.19. The van der Waals surface area contributed by atoms with Crippen LogP contribution in [0.1, 0.15) is 64.7 Å². The van der Waals surface area contributed by atoms with E-state index in [0.717, 1.165) is 5.76 Å². The highest BCUT2D eigenvalue weighted by Gasteiger charge is 2.24. The molecule has 0 bridgehead atoms. The molecule has 0 radical (unpaired) electrons. The lowest BCUT2D eigenvalue weighted by atomic mass is 10.1. The van der Waals surface area contributed by atoms with Gasteiger partial charge in [-0.3, -0.25) is 4.90 Å². The second kappa shape index (κ2) is 8.35. The molecule has 2 nitrogen and oxygen atoms in total. The van der Waals surface area contributed by atoms with Crippen molar-refractivity contribution in [2.45, 2.75) is 58.9 Å². The normalized spacial score (nSPS) is 17.6. The first kappa shape index (κ1) is 14.3. The Kier molecular flexibility index (Phi) is 7.02. The summed E-state index contributed by atoms with van der Waals surface area (Å²) >= 11 is 0. The van der Waals surface area contributed by atoms with Gasteiger partial charge in [0, 0.05) is 0 Å². The van der Waals surface area contributed by atoms with Gasteiger partial charge in [-0.15, -0.1) is 0 Å². The third-order valence-corrected chi connectivity index (χ3v) is 3.28. The Morgan fingerprint density at radius 2 is 2.00 bits per heavy atom. The molecule has 1 aliphatic heterocycles. The van der Waals surface area contributed by atoms with E-state index in [1.165, 1.54) is 45.2 Å². The summed E-state index contributed by atoms with van der Waals surface area (Å²) in [5.74, 6) is 1.16. The first-order valence-electron chi connectivity index (χ1n) is 7.19. The molecule has 1 unspecified atom stereocenters. The molecular weight excluding hydrogens is 210 g/mol. The number of hydrogen-bond donors (Lipinski definition) is 0. The van der Waals surface area contributed by atoms with Gasteiger partial charge in [-0.05, 0) is 44.5 Å². The molecule has 0 saturated carbocycles. The fourth-order valence-electron chi connectivity index (χ4n) is 2.44. The van der Waals surface area contributed by atoms with Crippen molar-refractivity contribution in [3.05, 3.63) is 24.2 Å². The van der Waals surface area contributed by atoms with Gasteiger partial charge in [-0.2, -0.15) is 0 Å². The van der Waals surface area contributed by atoms with Crippen LogP contribution in [0.4, 0.5) is 0 Å². The predicted molar refractivity (Wildman–Crippen MR) is 73.1 cm³/mol. The van der Waals surface area contributed by atoms with Gasteiger partial charge in [0.2, 0.25) is 0 Å². The van der Waals surface area contributed by atoms with Crippen molar-refractivity contribution in [3.63, 3.8) is 0 Å². The maximum Gasteiger partial charge on any atom is 0.120 e. The van der Waals surface area contributed by atoms with Crippen LogP contribution in [-0.4, -0.2) is 18.0 Å². The number of hydrogen-bond acceptors (Lipinski definition) is 2. The van der Waals surface area contributed by atoms with Crippen LogP contribution >= 0.6 is 0 Å². The zero-order chi connectivity index (χ0) is 12.5. The van der Waals surface area contributed by atoms with Crippen LogP contribution in [0, 0.1) is 0 Å². The van der Waals surface area contributed by atoms with Crippen LogP contribution < -0.4 is 0 Å². The fourth-order valence-corrected chi connectivity index (χ4v) is 2.44. The summed E-state index contributed by atoms with van der Waals surface area (Å²) in [6.45, 7) is 8.74. The Bertz CT molecular complexity index is 262. The first-order chi connectivity index (χ1) is 8.42. The standard InChI is InChI=1S/C13H21NO.C2H6/c1-2-3-7-12(13-8-6-11-15-13)14-9-4-5-10-14;1-2/h6,8,11-12H,2-5,7,9-10H2,1H3;1-2H3. The van der Waals surface area contributed by atoms with Crippen LogP contribution in [0.2, 0.25) is 0 Å². The topological polar surface area (TPSA) is 16.4 Å². The minimum absolute atomic E-state index is 0.530. The Hall–Kier alpha value is -0.760. The van der Waals surface area contributed by atoms with Gasteiger partial charge >= 0.3 is 0 Å². The Labute approximate surface area is 106 Å². The molecule has 2 heterocycles. The van der Waals surface area contributed by atoms with Crippen molar-refractivity contribution in [1.29, 1.82) is 0 Å². The molecule has 98 valence electrons. The molecule has 0 aromatic carbocycles. The van der Waals surface area contributed by atoms with Gasteiger partial charge < -0.3 is 4.42 Å². The second-order valence-corrected chi connectivity index (χ2v) is 4.42. The number of unbranched alkanes of at least 4 members (excludes halogenated alkanes) is 1. The largest absolute Gasteiger partial charge is 0.468 e. The summed E-state index contributed by atoms with van der Waals surface area (Å²) in [4.78, 5) is 2.58. The van der Waals surface area contributed by atoms with E-state index >= 15 is 0 Å². The molecule has 17 heavy (non-hydrogen) atoms. The lowest BCUT2D eigenvalue weighted by Crippen LogP contribution is -2.25. The molecule has 0 aliphatic carbocycles. The molecule has 2 heteroatoms. The minimum atomic E-state index is 0.530. The molecule has 0 spiro atoms. The summed E-state index contributed by atoms with van der Waals surface area (Å²) in [5, 5.41) is 0. The lowest BCUT2D eigenvalue weighted by Gasteiger charge is -2.25. The van der Waals surface area contributed by atoms with Crippen LogP contribution in [0.5, 0.6) is 0 Å². The predicted octanol–water partition coefficient (Wildman–Crippen LogP) is 4.63. The van der Waals surface area contributed by atoms with E-state index in [9.17, 15) is 0 Å². The Morgan fingerprint density at radius 3 is 2.53 bits per heavy atom. The molecule has 1 aromatic rings. The highest BCUT2D eigenvalue weighted by atomic mass is 16.3. The van der Waals surface area contributed by atoms with Gasteiger partial charge in [-0.1, -0.05) is 33.6 Å². The Morgan fingerprint density at radius 1 is 1.29 bits per heavy atom. The zero-order valence-electron chi connectivity index (χ0n) is 11.6. The van der Waals surface area contributed by atoms with E-state index in [1.54, 1.807) is 6.26 Å². The quantitative estimate of drug-likeness (QED) is 0.742. The van der Waals surface area contributed by atoms with Gasteiger partial charge in [0.05, 0.1) is 12.3 Å². The molecule has 0 N–H and O–H groups in total. The maximum atomic E-state index is 5.56. The van der Waals surface area contributed by atoms with E-state index in [0.29, 0.717) is 6.04 Å². The van der Waals surface area contributed by atoms with E-state index in [2.05, 4.69) is 17.9 Å². The summed E-state index contributed by atoms with van der Waals surface area (Å²) in [6.07, 6.45) is 8.30. The molecule has 0 amide bonds. The number of likely N-dealkylation sites (tertiary alicyclic amines) is 1. The van der Waals surface area contributed by atoms with Crippen molar-refractivity contribution in [1.82, 2.24) is 4.90 Å². The molecule has 2 rings (SSSR count). The summed E-state index contributed by atoms with van der Waals surface area (Å²) < 4.78 is 5.56. The number of rotatable bonds is 5. The second-order valence-electron chi connectivity index (χ2n) is 4.42. The van der Waals surface area contributed by atoms with Crippen LogP contribution in [0.3, 0.4) is 0 Å². The number of furan rings is 1. The number of nitrogens with zero attached hydrogens (tertiary/aromatic N) is 1. The zero-order valence-corrected chi connectivity index (χ0v) is 11.6. The highest BCUT2D eigenvalue weighted by molar-refractivity contribution is 5.05. The summed E-state index contributed by atoms with van der Waals surface area (Å²) in [6, 6.07) is 4.66. The van der Waals surface area contributed by atoms with Crippen molar-refractivity contribution >= 4 is 0 Å². The summed E-state index contributed by atoms with van der Waals surface area (Å²) in [5.41, 5.74) is 0. The van der Waals surface area contributed by atoms with Crippen LogP contribution in [0.15, 0.2) is 22.8 Å². The average Bonchev–Trinajstić information content (AvgIpc) is 3.05. The highest BCUT2D eigenvalue weighted by Crippen LogP contribution is 2.29. The SMILES string of the molecule is CC.CCCCC(c1ccco1)N1CCCC1. The average molecular weight is 237 g/mol. The lowest BCUT2D eigenvalue weighted by molar-refractivity contribution is 0.200. The van der Waals surface area contributed by atoms with Gasteiger partial charge in [0.25, 0.3) is 0 Å². The Balaban J connectivity index is 0.000000686. The van der Waals surface area contributed by atoms with E-state index in [-0.39, 0.29) is 0 Å². The molecule has 1 fully saturated rings. The monoisotopic (exact) mass is 237 g/mol. The molecular formula is C15H27NO. The fraction of sp³-hybridized carbons (Fsp3) is 0.733. The van der Waals surface area contributed by atoms with Crippen LogP contribution in [-0.2, 0) is 0 Å². The van der Waals surface area contributed by atoms with Crippen molar-refractivity contribution in [2.75, 3.05) is 13.1 Å². The van der Waals surface area contributed by atoms with Crippen LogP contribution in [0.25, 0.3) is 0 Å². The third-order valence-electron chi connectivity index (χ3n) is 3.28. The van der Waals surface area contributed by atoms with Gasteiger partial charge in [-0.25, -0.2) is 0 Å². The van der Waals surface area contributed by atoms with E-state index in [1.807, 2.05) is 19.9 Å². The summed E-state index contributed by atoms with van der Waals surface area (Å²) in [7, 11) is 0. The van der Waals surface area contributed by atoms with Gasteiger partial charge in [0.1, 0.15) is 5.76 Å². The van der Waals surface area contributed by atoms with Crippen molar-refractivity contribution in [3.8, 4) is 0 Å².